The Labute approximate surface area is 172 Å². The molecule has 2 aromatic rings. The second-order valence-corrected chi connectivity index (χ2v) is 6.96. The fourth-order valence-corrected chi connectivity index (χ4v) is 3.39. The molecule has 0 saturated heterocycles. The van der Waals surface area contributed by atoms with Gasteiger partial charge < -0.3 is 15.5 Å². The number of benzene rings is 2. The summed E-state index contributed by atoms with van der Waals surface area (Å²) in [5, 5.41) is 5.85. The van der Waals surface area contributed by atoms with Crippen LogP contribution in [0.3, 0.4) is 0 Å². The van der Waals surface area contributed by atoms with Gasteiger partial charge in [-0.25, -0.2) is 0 Å². The highest BCUT2D eigenvalue weighted by molar-refractivity contribution is 6.00. The third kappa shape index (κ3) is 5.12. The van der Waals surface area contributed by atoms with Crippen molar-refractivity contribution in [2.45, 2.75) is 38.3 Å². The second-order valence-electron chi connectivity index (χ2n) is 6.96. The lowest BCUT2D eigenvalue weighted by atomic mass is 10.1. The van der Waals surface area contributed by atoms with Crippen molar-refractivity contribution in [2.24, 2.45) is 0 Å². The first-order valence-electron chi connectivity index (χ1n) is 9.51. The summed E-state index contributed by atoms with van der Waals surface area (Å²) in [4.78, 5) is 27.4. The van der Waals surface area contributed by atoms with E-state index in [1.165, 1.54) is 5.56 Å². The van der Waals surface area contributed by atoms with Crippen LogP contribution in [0.4, 0.5) is 5.69 Å². The molecular weight excluding hydrogens is 374 g/mol. The second kappa shape index (κ2) is 10.2. The molecule has 0 fully saturated rings. The molecule has 2 amide bonds. The van der Waals surface area contributed by atoms with Gasteiger partial charge in [0.25, 0.3) is 0 Å². The number of para-hydroxylation sites is 1. The Morgan fingerprint density at radius 3 is 2.54 bits per heavy atom. The number of hydrogen-bond acceptors (Lipinski definition) is 3. The van der Waals surface area contributed by atoms with Crippen LogP contribution >= 0.6 is 12.4 Å². The van der Waals surface area contributed by atoms with Crippen molar-refractivity contribution in [1.82, 2.24) is 10.6 Å². The number of aryl methyl sites for hydroxylation is 1. The summed E-state index contributed by atoms with van der Waals surface area (Å²) in [7, 11) is 1.74. The summed E-state index contributed by atoms with van der Waals surface area (Å²) >= 11 is 0. The molecule has 2 unspecified atom stereocenters. The Morgan fingerprint density at radius 2 is 1.82 bits per heavy atom. The van der Waals surface area contributed by atoms with Crippen LogP contribution in [0.1, 0.15) is 24.5 Å². The number of hydrogen-bond donors (Lipinski definition) is 2. The van der Waals surface area contributed by atoms with Crippen LogP contribution in [0.2, 0.25) is 0 Å². The molecule has 1 aliphatic heterocycles. The Bertz CT molecular complexity index is 797. The summed E-state index contributed by atoms with van der Waals surface area (Å²) in [5.74, 6) is -0.183. The smallest absolute Gasteiger partial charge is 0.249 e. The molecule has 0 saturated carbocycles. The van der Waals surface area contributed by atoms with Crippen molar-refractivity contribution < 1.29 is 9.59 Å². The van der Waals surface area contributed by atoms with Crippen LogP contribution < -0.4 is 15.5 Å². The molecule has 2 aromatic carbocycles. The van der Waals surface area contributed by atoms with Crippen molar-refractivity contribution >= 4 is 29.9 Å². The average Bonchev–Trinajstić information content (AvgIpc) is 2.83. The minimum atomic E-state index is -0.503. The molecule has 28 heavy (non-hydrogen) atoms. The van der Waals surface area contributed by atoms with Crippen molar-refractivity contribution in [3.63, 3.8) is 0 Å². The molecule has 1 heterocycles. The summed E-state index contributed by atoms with van der Waals surface area (Å²) in [6, 6.07) is 17.3. The maximum Gasteiger partial charge on any atom is 0.249 e. The van der Waals surface area contributed by atoms with Crippen LogP contribution in [0.15, 0.2) is 54.6 Å². The third-order valence-electron chi connectivity index (χ3n) is 5.16. The molecule has 6 heteroatoms. The Balaban J connectivity index is 0.00000280. The molecule has 0 radical (unpaired) electrons. The minimum absolute atomic E-state index is 0. The first-order chi connectivity index (χ1) is 13.1. The fourth-order valence-electron chi connectivity index (χ4n) is 3.39. The molecule has 2 N–H and O–H groups in total. The highest BCUT2D eigenvalue weighted by atomic mass is 35.5. The van der Waals surface area contributed by atoms with E-state index in [0.717, 1.165) is 24.1 Å². The van der Waals surface area contributed by atoms with Gasteiger partial charge in [0, 0.05) is 12.2 Å². The molecule has 0 aromatic heterocycles. The number of halogens is 1. The van der Waals surface area contributed by atoms with E-state index in [2.05, 4.69) is 28.8 Å². The van der Waals surface area contributed by atoms with E-state index in [9.17, 15) is 9.59 Å². The number of nitrogens with zero attached hydrogens (tertiary/aromatic N) is 1. The largest absolute Gasteiger partial charge is 0.343 e. The maximum atomic E-state index is 13.3. The third-order valence-corrected chi connectivity index (χ3v) is 5.16. The van der Waals surface area contributed by atoms with Crippen molar-refractivity contribution in [2.75, 3.05) is 18.5 Å². The molecule has 0 spiro atoms. The SMILES string of the molecule is CNC(C)C(=O)NC1CCc2ccccc2N(CCc2ccccc2)C1=O.Cl. The Kier molecular flexibility index (Phi) is 8.03. The quantitative estimate of drug-likeness (QED) is 0.782. The fraction of sp³-hybridized carbons (Fsp3) is 0.364. The lowest BCUT2D eigenvalue weighted by Gasteiger charge is -2.27. The van der Waals surface area contributed by atoms with Crippen LogP contribution in [0.25, 0.3) is 0 Å². The first kappa shape index (κ1) is 21.9. The molecule has 5 nitrogen and oxygen atoms in total. The molecule has 1 aliphatic rings. The van der Waals surface area contributed by atoms with E-state index in [1.54, 1.807) is 14.0 Å². The summed E-state index contributed by atoms with van der Waals surface area (Å²) in [5.41, 5.74) is 3.30. The lowest BCUT2D eigenvalue weighted by Crippen LogP contribution is -2.52. The number of likely N-dealkylation sites (N-methyl/N-ethyl adjacent to an activating group) is 1. The molecule has 2 atom stereocenters. The van der Waals surface area contributed by atoms with Crippen LogP contribution in [-0.2, 0) is 22.4 Å². The normalized spacial score (nSPS) is 17.1. The van der Waals surface area contributed by atoms with Gasteiger partial charge in [0.2, 0.25) is 11.8 Å². The zero-order valence-corrected chi connectivity index (χ0v) is 17.2. The number of carbonyl (C=O) groups excluding carboxylic acids is 2. The summed E-state index contributed by atoms with van der Waals surface area (Å²) < 4.78 is 0. The predicted molar refractivity (Wildman–Crippen MR) is 115 cm³/mol. The van der Waals surface area contributed by atoms with Gasteiger partial charge in [0.1, 0.15) is 6.04 Å². The molecule has 3 rings (SSSR count). The van der Waals surface area contributed by atoms with Gasteiger partial charge in [-0.15, -0.1) is 12.4 Å². The number of amides is 2. The van der Waals surface area contributed by atoms with Gasteiger partial charge in [-0.2, -0.15) is 0 Å². The summed E-state index contributed by atoms with van der Waals surface area (Å²) in [6.07, 6.45) is 2.15. The van der Waals surface area contributed by atoms with Crippen LogP contribution in [0.5, 0.6) is 0 Å². The molecular formula is C22H28ClN3O2. The lowest BCUT2D eigenvalue weighted by molar-refractivity contribution is -0.128. The monoisotopic (exact) mass is 401 g/mol. The van der Waals surface area contributed by atoms with E-state index in [-0.39, 0.29) is 30.3 Å². The topological polar surface area (TPSA) is 61.4 Å². The summed E-state index contributed by atoms with van der Waals surface area (Å²) in [6.45, 7) is 2.38. The maximum absolute atomic E-state index is 13.3. The number of fused-ring (bicyclic) bond motifs is 1. The highest BCUT2D eigenvalue weighted by Gasteiger charge is 2.31. The minimum Gasteiger partial charge on any atom is -0.343 e. The first-order valence-corrected chi connectivity index (χ1v) is 9.51. The van der Waals surface area contributed by atoms with Gasteiger partial charge in [0.15, 0.2) is 0 Å². The van der Waals surface area contributed by atoms with E-state index in [4.69, 9.17) is 0 Å². The van der Waals surface area contributed by atoms with Crippen LogP contribution in [-0.4, -0.2) is 37.5 Å². The number of rotatable bonds is 6. The average molecular weight is 402 g/mol. The van der Waals surface area contributed by atoms with Crippen LogP contribution in [0, 0.1) is 0 Å². The zero-order valence-electron chi connectivity index (χ0n) is 16.4. The van der Waals surface area contributed by atoms with Gasteiger partial charge in [-0.1, -0.05) is 48.5 Å². The van der Waals surface area contributed by atoms with Gasteiger partial charge in [-0.05, 0) is 50.4 Å². The predicted octanol–water partition coefficient (Wildman–Crippen LogP) is 2.72. The van der Waals surface area contributed by atoms with Crippen molar-refractivity contribution in [1.29, 1.82) is 0 Å². The van der Waals surface area contributed by atoms with E-state index >= 15 is 0 Å². The molecule has 150 valence electrons. The van der Waals surface area contributed by atoms with Gasteiger partial charge in [-0.3, -0.25) is 9.59 Å². The molecule has 0 aliphatic carbocycles. The Hall–Kier alpha value is -2.37. The van der Waals surface area contributed by atoms with Crippen molar-refractivity contribution in [3.8, 4) is 0 Å². The van der Waals surface area contributed by atoms with Gasteiger partial charge >= 0.3 is 0 Å². The van der Waals surface area contributed by atoms with Gasteiger partial charge in [0.05, 0.1) is 6.04 Å². The number of carbonyl (C=O) groups is 2. The standard InChI is InChI=1S/C22H27N3O2.ClH/c1-16(23-2)21(26)24-19-13-12-18-10-6-7-11-20(18)25(22(19)27)15-14-17-8-4-3-5-9-17;/h3-11,16,19,23H,12-15H2,1-2H3,(H,24,26);1H. The van der Waals surface area contributed by atoms with E-state index < -0.39 is 6.04 Å². The number of nitrogens with one attached hydrogen (secondary N) is 2. The van der Waals surface area contributed by atoms with E-state index in [0.29, 0.717) is 13.0 Å². The Morgan fingerprint density at radius 1 is 1.14 bits per heavy atom. The molecule has 0 bridgehead atoms. The van der Waals surface area contributed by atoms with E-state index in [1.807, 2.05) is 41.3 Å². The van der Waals surface area contributed by atoms with Crippen molar-refractivity contribution in [3.05, 3.63) is 65.7 Å². The number of anilines is 1. The zero-order chi connectivity index (χ0) is 19.2. The highest BCUT2D eigenvalue weighted by Crippen LogP contribution is 2.27.